The number of nitrogens with one attached hydrogen (secondary N) is 2. The molecule has 0 aliphatic rings. The van der Waals surface area contributed by atoms with E-state index in [-0.39, 0.29) is 28.0 Å². The van der Waals surface area contributed by atoms with Gasteiger partial charge in [0, 0.05) is 5.56 Å². The van der Waals surface area contributed by atoms with Crippen molar-refractivity contribution in [2.24, 2.45) is 0 Å². The molecular formula is C11H7ClFN5O. The summed E-state index contributed by atoms with van der Waals surface area (Å²) >= 11 is 5.86. The Morgan fingerprint density at radius 1 is 1.26 bits per heavy atom. The average molecular weight is 280 g/mol. The number of halogens is 2. The van der Waals surface area contributed by atoms with Crippen molar-refractivity contribution in [3.63, 3.8) is 0 Å². The molecule has 0 saturated carbocycles. The molecule has 96 valence electrons. The summed E-state index contributed by atoms with van der Waals surface area (Å²) in [6.45, 7) is 0. The van der Waals surface area contributed by atoms with Gasteiger partial charge in [-0.2, -0.15) is 4.98 Å². The normalized spacial score (nSPS) is 11.1. The molecule has 3 aromatic rings. The van der Waals surface area contributed by atoms with Crippen molar-refractivity contribution >= 4 is 28.7 Å². The Labute approximate surface area is 110 Å². The van der Waals surface area contributed by atoms with Crippen LogP contribution in [0, 0.1) is 5.82 Å². The first-order valence-corrected chi connectivity index (χ1v) is 5.64. The molecule has 0 aliphatic carbocycles. The minimum Gasteiger partial charge on any atom is -0.369 e. The van der Waals surface area contributed by atoms with Crippen LogP contribution in [0.4, 0.5) is 10.3 Å². The standard InChI is InChI=1S/C11H7ClFN5O/c12-6-4(2-1-3-5(6)13)8-15-7-9(16-8)17-11(14)18-10(7)19/h1-3H,(H4,14,15,16,17,18,19). The number of hydrogen-bond acceptors (Lipinski definition) is 4. The van der Waals surface area contributed by atoms with Crippen LogP contribution in [-0.4, -0.2) is 19.9 Å². The SMILES string of the molecule is Nc1nc2nc(-c3cccc(F)c3Cl)[nH]c2c(=O)[nH]1. The molecule has 1 aromatic carbocycles. The predicted octanol–water partition coefficient (Wildman–Crippen LogP) is 1.69. The van der Waals surface area contributed by atoms with Crippen molar-refractivity contribution in [1.82, 2.24) is 19.9 Å². The summed E-state index contributed by atoms with van der Waals surface area (Å²) in [5.74, 6) is -0.356. The van der Waals surface area contributed by atoms with Gasteiger partial charge in [-0.05, 0) is 12.1 Å². The van der Waals surface area contributed by atoms with Gasteiger partial charge >= 0.3 is 0 Å². The maximum Gasteiger partial charge on any atom is 0.278 e. The highest BCUT2D eigenvalue weighted by atomic mass is 35.5. The van der Waals surface area contributed by atoms with E-state index in [2.05, 4.69) is 19.9 Å². The fourth-order valence-corrected chi connectivity index (χ4v) is 1.95. The van der Waals surface area contributed by atoms with E-state index in [1.54, 1.807) is 6.07 Å². The van der Waals surface area contributed by atoms with E-state index in [4.69, 9.17) is 17.3 Å². The van der Waals surface area contributed by atoms with Crippen LogP contribution in [0.2, 0.25) is 5.02 Å². The fraction of sp³-hybridized carbons (Fsp3) is 0. The lowest BCUT2D eigenvalue weighted by atomic mass is 10.2. The van der Waals surface area contributed by atoms with E-state index in [9.17, 15) is 9.18 Å². The summed E-state index contributed by atoms with van der Waals surface area (Å²) in [5, 5.41) is -0.0778. The molecule has 0 atom stereocenters. The Hall–Kier alpha value is -2.41. The zero-order valence-corrected chi connectivity index (χ0v) is 10.1. The Morgan fingerprint density at radius 3 is 2.84 bits per heavy atom. The van der Waals surface area contributed by atoms with Crippen molar-refractivity contribution in [2.75, 3.05) is 5.73 Å². The molecule has 4 N–H and O–H groups in total. The molecule has 0 spiro atoms. The number of imidazole rings is 1. The van der Waals surface area contributed by atoms with Gasteiger partial charge in [0.1, 0.15) is 11.6 Å². The van der Waals surface area contributed by atoms with E-state index in [0.29, 0.717) is 5.56 Å². The topological polar surface area (TPSA) is 100 Å². The number of hydrogen-bond donors (Lipinski definition) is 3. The van der Waals surface area contributed by atoms with Gasteiger partial charge in [-0.1, -0.05) is 17.7 Å². The molecule has 3 rings (SSSR count). The number of benzene rings is 1. The second-order valence-electron chi connectivity index (χ2n) is 3.84. The Bertz CT molecular complexity index is 841. The molecule has 0 aliphatic heterocycles. The van der Waals surface area contributed by atoms with Gasteiger partial charge in [-0.15, -0.1) is 0 Å². The van der Waals surface area contributed by atoms with Crippen LogP contribution >= 0.6 is 11.6 Å². The van der Waals surface area contributed by atoms with Gasteiger partial charge in [-0.25, -0.2) is 9.37 Å². The largest absolute Gasteiger partial charge is 0.369 e. The number of fused-ring (bicyclic) bond motifs is 1. The zero-order chi connectivity index (χ0) is 13.6. The third kappa shape index (κ3) is 1.84. The van der Waals surface area contributed by atoms with Crippen molar-refractivity contribution in [1.29, 1.82) is 0 Å². The summed E-state index contributed by atoms with van der Waals surface area (Å²) in [6, 6.07) is 4.31. The van der Waals surface area contributed by atoms with Crippen LogP contribution in [0.1, 0.15) is 0 Å². The molecule has 8 heteroatoms. The van der Waals surface area contributed by atoms with Gasteiger partial charge in [0.25, 0.3) is 5.56 Å². The number of aromatic amines is 2. The highest BCUT2D eigenvalue weighted by Crippen LogP contribution is 2.28. The zero-order valence-electron chi connectivity index (χ0n) is 9.37. The number of aromatic nitrogens is 4. The lowest BCUT2D eigenvalue weighted by Crippen LogP contribution is -2.10. The maximum absolute atomic E-state index is 13.4. The lowest BCUT2D eigenvalue weighted by Gasteiger charge is -2.00. The quantitative estimate of drug-likeness (QED) is 0.631. The fourth-order valence-electron chi connectivity index (χ4n) is 1.74. The monoisotopic (exact) mass is 279 g/mol. The average Bonchev–Trinajstić information content (AvgIpc) is 2.76. The van der Waals surface area contributed by atoms with E-state index >= 15 is 0 Å². The number of anilines is 1. The number of rotatable bonds is 1. The summed E-state index contributed by atoms with van der Waals surface area (Å²) in [5.41, 5.74) is 5.62. The Kier molecular flexibility index (Phi) is 2.49. The van der Waals surface area contributed by atoms with Crippen molar-refractivity contribution in [2.45, 2.75) is 0 Å². The smallest absolute Gasteiger partial charge is 0.278 e. The van der Waals surface area contributed by atoms with E-state index in [1.165, 1.54) is 12.1 Å². The molecule has 0 radical (unpaired) electrons. The molecule has 0 fully saturated rings. The van der Waals surface area contributed by atoms with Crippen LogP contribution in [0.3, 0.4) is 0 Å². The second-order valence-corrected chi connectivity index (χ2v) is 4.21. The number of H-pyrrole nitrogens is 2. The summed E-state index contributed by atoms with van der Waals surface area (Å²) in [7, 11) is 0. The molecule has 2 aromatic heterocycles. The lowest BCUT2D eigenvalue weighted by molar-refractivity contribution is 0.628. The second kappa shape index (κ2) is 4.06. The van der Waals surface area contributed by atoms with Crippen LogP contribution in [0.5, 0.6) is 0 Å². The molecule has 0 amide bonds. The van der Waals surface area contributed by atoms with Gasteiger partial charge in [-0.3, -0.25) is 9.78 Å². The van der Waals surface area contributed by atoms with E-state index in [0.717, 1.165) is 0 Å². The first-order chi connectivity index (χ1) is 9.06. The van der Waals surface area contributed by atoms with Crippen LogP contribution in [-0.2, 0) is 0 Å². The third-order valence-electron chi connectivity index (χ3n) is 2.59. The molecular weight excluding hydrogens is 273 g/mol. The summed E-state index contributed by atoms with van der Waals surface area (Å²) < 4.78 is 13.4. The minimum absolute atomic E-state index is 0.0408. The minimum atomic E-state index is -0.569. The first-order valence-electron chi connectivity index (χ1n) is 5.26. The Morgan fingerprint density at radius 2 is 2.05 bits per heavy atom. The van der Waals surface area contributed by atoms with Crippen molar-refractivity contribution < 1.29 is 4.39 Å². The van der Waals surface area contributed by atoms with E-state index < -0.39 is 11.4 Å². The first kappa shape index (κ1) is 11.7. The summed E-state index contributed by atoms with van der Waals surface area (Å²) in [6.07, 6.45) is 0. The molecule has 0 bridgehead atoms. The third-order valence-corrected chi connectivity index (χ3v) is 2.97. The van der Waals surface area contributed by atoms with Crippen molar-refractivity contribution in [3.05, 3.63) is 39.4 Å². The van der Waals surface area contributed by atoms with E-state index in [1.807, 2.05) is 0 Å². The molecule has 19 heavy (non-hydrogen) atoms. The highest BCUT2D eigenvalue weighted by molar-refractivity contribution is 6.33. The maximum atomic E-state index is 13.4. The number of nitrogens with two attached hydrogens (primary N) is 1. The van der Waals surface area contributed by atoms with Gasteiger partial charge in [0.05, 0.1) is 5.02 Å². The van der Waals surface area contributed by atoms with Crippen molar-refractivity contribution in [3.8, 4) is 11.4 Å². The van der Waals surface area contributed by atoms with Gasteiger partial charge in [0.2, 0.25) is 5.95 Å². The Balaban J connectivity index is 2.30. The number of nitrogen functional groups attached to an aromatic ring is 1. The highest BCUT2D eigenvalue weighted by Gasteiger charge is 2.14. The molecule has 2 heterocycles. The van der Waals surface area contributed by atoms with Gasteiger partial charge in [0.15, 0.2) is 11.2 Å². The number of nitrogens with zero attached hydrogens (tertiary/aromatic N) is 2. The molecule has 0 unspecified atom stereocenters. The molecule has 6 nitrogen and oxygen atoms in total. The predicted molar refractivity (Wildman–Crippen MR) is 69.3 cm³/mol. The van der Waals surface area contributed by atoms with Gasteiger partial charge < -0.3 is 10.7 Å². The molecule has 0 saturated heterocycles. The van der Waals surface area contributed by atoms with Crippen LogP contribution < -0.4 is 11.3 Å². The van der Waals surface area contributed by atoms with Crippen LogP contribution in [0.25, 0.3) is 22.6 Å². The summed E-state index contributed by atoms with van der Waals surface area (Å²) in [4.78, 5) is 24.7. The van der Waals surface area contributed by atoms with Crippen LogP contribution in [0.15, 0.2) is 23.0 Å².